The van der Waals surface area contributed by atoms with Gasteiger partial charge in [0.15, 0.2) is 0 Å². The maximum Gasteiger partial charge on any atom is 0.322 e. The SMILES string of the molecule is O=C(O)CNC(=O)c1cccnc1.c1cscn1. The first-order chi connectivity index (χ1) is 8.70. The fourth-order valence-corrected chi connectivity index (χ4v) is 1.28. The molecule has 0 unspecified atom stereocenters. The second-order valence-electron chi connectivity index (χ2n) is 2.99. The molecular weight excluding hydrogens is 254 g/mol. The van der Waals surface area contributed by atoms with E-state index in [9.17, 15) is 9.59 Å². The minimum atomic E-state index is -1.07. The number of carbonyl (C=O) groups is 2. The minimum Gasteiger partial charge on any atom is -0.480 e. The molecule has 6 nitrogen and oxygen atoms in total. The highest BCUT2D eigenvalue weighted by molar-refractivity contribution is 7.07. The highest BCUT2D eigenvalue weighted by Gasteiger charge is 2.05. The minimum absolute atomic E-state index is 0.351. The Morgan fingerprint density at radius 1 is 1.33 bits per heavy atom. The molecule has 2 aromatic heterocycles. The lowest BCUT2D eigenvalue weighted by Gasteiger charge is -2.00. The van der Waals surface area contributed by atoms with E-state index >= 15 is 0 Å². The number of thiazole rings is 1. The zero-order chi connectivity index (χ0) is 13.2. The summed E-state index contributed by atoms with van der Waals surface area (Å²) < 4.78 is 0. The molecule has 7 heteroatoms. The average molecular weight is 265 g/mol. The number of hydrogen-bond donors (Lipinski definition) is 2. The molecule has 0 radical (unpaired) electrons. The van der Waals surface area contributed by atoms with Gasteiger partial charge in [-0.25, -0.2) is 0 Å². The molecule has 0 aliphatic heterocycles. The Hall–Kier alpha value is -2.28. The van der Waals surface area contributed by atoms with Crippen molar-refractivity contribution in [1.29, 1.82) is 0 Å². The molecule has 0 aromatic carbocycles. The van der Waals surface area contributed by atoms with Gasteiger partial charge in [0.1, 0.15) is 6.54 Å². The van der Waals surface area contributed by atoms with Crippen molar-refractivity contribution in [2.24, 2.45) is 0 Å². The molecule has 0 saturated carbocycles. The summed E-state index contributed by atoms with van der Waals surface area (Å²) in [6, 6.07) is 3.17. The van der Waals surface area contributed by atoms with E-state index in [0.717, 1.165) is 0 Å². The second kappa shape index (κ2) is 7.91. The second-order valence-corrected chi connectivity index (χ2v) is 3.75. The van der Waals surface area contributed by atoms with Crippen LogP contribution in [0, 0.1) is 0 Å². The van der Waals surface area contributed by atoms with Crippen LogP contribution in [0.25, 0.3) is 0 Å². The van der Waals surface area contributed by atoms with Gasteiger partial charge in [-0.1, -0.05) is 0 Å². The first-order valence-corrected chi connectivity index (χ1v) is 5.86. The normalized spacial score (nSPS) is 8.89. The van der Waals surface area contributed by atoms with E-state index in [0.29, 0.717) is 5.56 Å². The summed E-state index contributed by atoms with van der Waals surface area (Å²) in [4.78, 5) is 28.7. The Bertz CT molecular complexity index is 456. The van der Waals surface area contributed by atoms with E-state index in [4.69, 9.17) is 5.11 Å². The third-order valence-electron chi connectivity index (χ3n) is 1.67. The van der Waals surface area contributed by atoms with Crippen molar-refractivity contribution in [3.8, 4) is 0 Å². The zero-order valence-corrected chi connectivity index (χ0v) is 10.1. The van der Waals surface area contributed by atoms with Crippen LogP contribution in [0.2, 0.25) is 0 Å². The van der Waals surface area contributed by atoms with E-state index in [1.165, 1.54) is 12.4 Å². The molecule has 0 saturated heterocycles. The Morgan fingerprint density at radius 3 is 2.61 bits per heavy atom. The molecule has 0 spiro atoms. The van der Waals surface area contributed by atoms with E-state index in [1.54, 1.807) is 35.2 Å². The van der Waals surface area contributed by atoms with Crippen LogP contribution in [0.3, 0.4) is 0 Å². The third kappa shape index (κ3) is 5.71. The van der Waals surface area contributed by atoms with Crippen molar-refractivity contribution in [1.82, 2.24) is 15.3 Å². The van der Waals surface area contributed by atoms with Gasteiger partial charge in [0.05, 0.1) is 11.1 Å². The van der Waals surface area contributed by atoms with Crippen LogP contribution < -0.4 is 5.32 Å². The van der Waals surface area contributed by atoms with E-state index in [2.05, 4.69) is 15.3 Å². The predicted molar refractivity (Wildman–Crippen MR) is 66.3 cm³/mol. The number of carboxylic acid groups (broad SMARTS) is 1. The standard InChI is InChI=1S/C8H8N2O3.C3H3NS/c11-7(12)5-10-8(13)6-2-1-3-9-4-6;1-2-5-3-4-1/h1-4H,5H2,(H,10,13)(H,11,12);1-3H. The van der Waals surface area contributed by atoms with Crippen molar-refractivity contribution >= 4 is 23.2 Å². The predicted octanol–water partition coefficient (Wildman–Crippen LogP) is 1.04. The van der Waals surface area contributed by atoms with Gasteiger partial charge in [-0.05, 0) is 12.1 Å². The number of aromatic nitrogens is 2. The highest BCUT2D eigenvalue weighted by Crippen LogP contribution is 1.94. The van der Waals surface area contributed by atoms with E-state index in [1.807, 2.05) is 5.38 Å². The lowest BCUT2D eigenvalue weighted by Crippen LogP contribution is -2.29. The van der Waals surface area contributed by atoms with Gasteiger partial charge in [0, 0.05) is 24.0 Å². The van der Waals surface area contributed by atoms with Crippen molar-refractivity contribution in [3.63, 3.8) is 0 Å². The van der Waals surface area contributed by atoms with Gasteiger partial charge in [0.2, 0.25) is 0 Å². The van der Waals surface area contributed by atoms with Gasteiger partial charge in [0.25, 0.3) is 5.91 Å². The monoisotopic (exact) mass is 265 g/mol. The van der Waals surface area contributed by atoms with Crippen LogP contribution in [-0.4, -0.2) is 33.5 Å². The van der Waals surface area contributed by atoms with Gasteiger partial charge >= 0.3 is 5.97 Å². The number of pyridine rings is 1. The number of carbonyl (C=O) groups excluding carboxylic acids is 1. The topological polar surface area (TPSA) is 92.2 Å². The van der Waals surface area contributed by atoms with E-state index in [-0.39, 0.29) is 6.54 Å². The molecule has 0 aliphatic rings. The summed E-state index contributed by atoms with van der Waals surface area (Å²) in [6.07, 6.45) is 4.68. The van der Waals surface area contributed by atoms with Crippen LogP contribution in [0.4, 0.5) is 0 Å². The molecule has 18 heavy (non-hydrogen) atoms. The number of rotatable bonds is 3. The molecule has 0 aliphatic carbocycles. The summed E-state index contributed by atoms with van der Waals surface area (Å²) in [7, 11) is 0. The summed E-state index contributed by atoms with van der Waals surface area (Å²) in [5, 5.41) is 12.4. The summed E-state index contributed by atoms with van der Waals surface area (Å²) in [6.45, 7) is -0.381. The molecule has 1 amide bonds. The Balaban J connectivity index is 0.000000269. The summed E-state index contributed by atoms with van der Waals surface area (Å²) >= 11 is 1.60. The molecule has 2 N–H and O–H groups in total. The Labute approximate surface area is 107 Å². The van der Waals surface area contributed by atoms with Crippen molar-refractivity contribution < 1.29 is 14.7 Å². The van der Waals surface area contributed by atoms with Crippen LogP contribution in [0.15, 0.2) is 41.6 Å². The molecular formula is C11H11N3O3S. The quantitative estimate of drug-likeness (QED) is 0.865. The van der Waals surface area contributed by atoms with Gasteiger partial charge < -0.3 is 10.4 Å². The number of hydrogen-bond acceptors (Lipinski definition) is 5. The Kier molecular flexibility index (Phi) is 6.05. The van der Waals surface area contributed by atoms with Crippen LogP contribution in [-0.2, 0) is 4.79 Å². The fourth-order valence-electron chi connectivity index (χ4n) is 0.931. The zero-order valence-electron chi connectivity index (χ0n) is 9.31. The van der Waals surface area contributed by atoms with Crippen LogP contribution in [0.1, 0.15) is 10.4 Å². The van der Waals surface area contributed by atoms with Crippen molar-refractivity contribution in [2.75, 3.05) is 6.54 Å². The molecule has 0 atom stereocenters. The molecule has 2 heterocycles. The lowest BCUT2D eigenvalue weighted by molar-refractivity contribution is -0.135. The summed E-state index contributed by atoms with van der Waals surface area (Å²) in [5.74, 6) is -1.51. The Morgan fingerprint density at radius 2 is 2.17 bits per heavy atom. The van der Waals surface area contributed by atoms with Crippen LogP contribution >= 0.6 is 11.3 Å². The van der Waals surface area contributed by atoms with Crippen molar-refractivity contribution in [2.45, 2.75) is 0 Å². The molecule has 0 fully saturated rings. The molecule has 0 bridgehead atoms. The highest BCUT2D eigenvalue weighted by atomic mass is 32.1. The van der Waals surface area contributed by atoms with Gasteiger partial charge in [-0.3, -0.25) is 19.6 Å². The van der Waals surface area contributed by atoms with Gasteiger partial charge in [-0.2, -0.15) is 0 Å². The first kappa shape index (κ1) is 13.8. The number of nitrogens with one attached hydrogen (secondary N) is 1. The maximum atomic E-state index is 11.1. The molecule has 2 aromatic rings. The number of nitrogens with zero attached hydrogens (tertiary/aromatic N) is 2. The fraction of sp³-hybridized carbons (Fsp3) is 0.0909. The van der Waals surface area contributed by atoms with Crippen molar-refractivity contribution in [3.05, 3.63) is 47.2 Å². The van der Waals surface area contributed by atoms with E-state index < -0.39 is 11.9 Å². The lowest BCUT2D eigenvalue weighted by atomic mass is 10.3. The average Bonchev–Trinajstić information content (AvgIpc) is 2.96. The largest absolute Gasteiger partial charge is 0.480 e. The first-order valence-electron chi connectivity index (χ1n) is 4.92. The van der Waals surface area contributed by atoms with Gasteiger partial charge in [-0.15, -0.1) is 11.3 Å². The smallest absolute Gasteiger partial charge is 0.322 e. The molecule has 2 rings (SSSR count). The summed E-state index contributed by atoms with van der Waals surface area (Å²) in [5.41, 5.74) is 2.14. The molecule has 94 valence electrons. The van der Waals surface area contributed by atoms with Crippen LogP contribution in [0.5, 0.6) is 0 Å². The number of carboxylic acids is 1. The number of amides is 1. The third-order valence-corrected chi connectivity index (χ3v) is 2.19. The maximum absolute atomic E-state index is 11.1. The number of aliphatic carboxylic acids is 1.